The van der Waals surface area contributed by atoms with Crippen molar-refractivity contribution in [2.24, 2.45) is 0 Å². The van der Waals surface area contributed by atoms with Gasteiger partial charge in [-0.3, -0.25) is 4.79 Å². The van der Waals surface area contributed by atoms with E-state index in [1.54, 1.807) is 24.5 Å². The van der Waals surface area contributed by atoms with E-state index in [9.17, 15) is 4.79 Å². The fourth-order valence-electron chi connectivity index (χ4n) is 1.37. The maximum absolute atomic E-state index is 11.6. The molecule has 5 N–H and O–H groups in total. The summed E-state index contributed by atoms with van der Waals surface area (Å²) in [5.74, 6) is 0.212. The van der Waals surface area contributed by atoms with Gasteiger partial charge < -0.3 is 21.0 Å². The zero-order chi connectivity index (χ0) is 13.0. The van der Waals surface area contributed by atoms with Gasteiger partial charge in [-0.15, -0.1) is 0 Å². The third kappa shape index (κ3) is 3.24. The van der Waals surface area contributed by atoms with Crippen LogP contribution in [0.4, 0.5) is 5.95 Å². The number of nitrogens with two attached hydrogens (primary N) is 1. The number of nitrogen functional groups attached to an aromatic ring is 1. The summed E-state index contributed by atoms with van der Waals surface area (Å²) in [7, 11) is 0. The summed E-state index contributed by atoms with van der Waals surface area (Å²) >= 11 is 3.27. The topological polar surface area (TPSA) is 99.6 Å². The monoisotopic (exact) mass is 309 g/mol. The molecule has 0 aromatic carbocycles. The van der Waals surface area contributed by atoms with Crippen LogP contribution >= 0.6 is 15.9 Å². The molecule has 7 heteroatoms. The number of aromatic amines is 2. The van der Waals surface area contributed by atoms with Gasteiger partial charge in [-0.05, 0) is 28.1 Å². The highest BCUT2D eigenvalue weighted by Crippen LogP contribution is 2.10. The van der Waals surface area contributed by atoms with Crippen LogP contribution in [0.3, 0.4) is 0 Å². The van der Waals surface area contributed by atoms with Gasteiger partial charge in [0.15, 0.2) is 5.95 Å². The van der Waals surface area contributed by atoms with Crippen molar-refractivity contribution < 1.29 is 4.79 Å². The Balaban J connectivity index is 1.82. The fourth-order valence-corrected chi connectivity index (χ4v) is 1.71. The molecule has 18 heavy (non-hydrogen) atoms. The normalized spacial score (nSPS) is 10.9. The summed E-state index contributed by atoms with van der Waals surface area (Å²) in [6.45, 7) is 0.425. The number of carbonyl (C=O) groups excluding carboxylic acids is 1. The first-order valence-electron chi connectivity index (χ1n) is 5.24. The third-order valence-electron chi connectivity index (χ3n) is 2.19. The summed E-state index contributed by atoms with van der Waals surface area (Å²) in [4.78, 5) is 21.2. The highest BCUT2D eigenvalue weighted by Gasteiger charge is 2.05. The van der Waals surface area contributed by atoms with Crippen LogP contribution in [-0.2, 0) is 0 Å². The quantitative estimate of drug-likeness (QED) is 0.689. The number of nitrogens with zero attached hydrogens (tertiary/aromatic N) is 1. The molecule has 2 rings (SSSR count). The number of H-pyrrole nitrogens is 2. The van der Waals surface area contributed by atoms with E-state index in [2.05, 4.69) is 36.2 Å². The maximum Gasteiger partial charge on any atom is 0.267 e. The Morgan fingerprint density at radius 2 is 2.44 bits per heavy atom. The van der Waals surface area contributed by atoms with Crippen LogP contribution in [0.15, 0.2) is 29.0 Å². The van der Waals surface area contributed by atoms with E-state index in [0.717, 1.165) is 10.2 Å². The molecule has 0 unspecified atom stereocenters. The van der Waals surface area contributed by atoms with E-state index in [-0.39, 0.29) is 5.91 Å². The molecule has 0 saturated carbocycles. The number of halogens is 1. The lowest BCUT2D eigenvalue weighted by atomic mass is 10.4. The van der Waals surface area contributed by atoms with E-state index in [1.807, 2.05) is 6.08 Å². The second kappa shape index (κ2) is 5.54. The zero-order valence-electron chi connectivity index (χ0n) is 9.40. The minimum atomic E-state index is -0.158. The van der Waals surface area contributed by atoms with Crippen LogP contribution in [0.25, 0.3) is 6.08 Å². The molecule has 0 aliphatic rings. The van der Waals surface area contributed by atoms with Crippen molar-refractivity contribution in [3.8, 4) is 0 Å². The van der Waals surface area contributed by atoms with Crippen molar-refractivity contribution in [3.63, 3.8) is 0 Å². The highest BCUT2D eigenvalue weighted by molar-refractivity contribution is 9.10. The van der Waals surface area contributed by atoms with E-state index in [1.165, 1.54) is 0 Å². The number of anilines is 1. The third-order valence-corrected chi connectivity index (χ3v) is 2.64. The van der Waals surface area contributed by atoms with Crippen LogP contribution in [0.2, 0.25) is 0 Å². The number of hydrogen-bond acceptors (Lipinski definition) is 3. The molecule has 0 bridgehead atoms. The molecule has 0 fully saturated rings. The number of imidazole rings is 1. The second-order valence-electron chi connectivity index (χ2n) is 3.57. The van der Waals surface area contributed by atoms with Gasteiger partial charge in [-0.1, -0.05) is 6.08 Å². The molecular formula is C11H12BrN5O. The van der Waals surface area contributed by atoms with Gasteiger partial charge in [0.2, 0.25) is 0 Å². The number of nitrogens with one attached hydrogen (secondary N) is 3. The lowest BCUT2D eigenvalue weighted by molar-refractivity contribution is 0.0953. The van der Waals surface area contributed by atoms with Crippen LogP contribution in [0.5, 0.6) is 0 Å². The lowest BCUT2D eigenvalue weighted by Crippen LogP contribution is -2.23. The van der Waals surface area contributed by atoms with E-state index < -0.39 is 0 Å². The Bertz CT molecular complexity index is 572. The molecule has 0 atom stereocenters. The molecule has 2 aromatic heterocycles. The lowest BCUT2D eigenvalue weighted by Gasteiger charge is -1.98. The molecule has 0 aliphatic heterocycles. The number of amides is 1. The van der Waals surface area contributed by atoms with Gasteiger partial charge in [0.05, 0.1) is 11.9 Å². The summed E-state index contributed by atoms with van der Waals surface area (Å²) in [5.41, 5.74) is 6.74. The molecule has 2 heterocycles. The van der Waals surface area contributed by atoms with Crippen molar-refractivity contribution in [2.45, 2.75) is 0 Å². The number of aromatic nitrogens is 3. The van der Waals surface area contributed by atoms with Crippen molar-refractivity contribution in [3.05, 3.63) is 40.4 Å². The summed E-state index contributed by atoms with van der Waals surface area (Å²) in [5, 5.41) is 2.75. The van der Waals surface area contributed by atoms with Gasteiger partial charge in [0.25, 0.3) is 5.91 Å². The first kappa shape index (κ1) is 12.4. The minimum absolute atomic E-state index is 0.158. The minimum Gasteiger partial charge on any atom is -0.369 e. The standard InChI is InChI=1S/C11H12BrN5O/c12-7-4-9(15-5-7)10(18)14-3-1-2-8-6-16-11(13)17-8/h1-2,4-6,15H,3H2,(H,14,18)(H3,13,16,17). The second-order valence-corrected chi connectivity index (χ2v) is 4.48. The van der Waals surface area contributed by atoms with Crippen LogP contribution in [0.1, 0.15) is 16.2 Å². The molecule has 94 valence electrons. The predicted molar refractivity (Wildman–Crippen MR) is 72.9 cm³/mol. The molecule has 2 aromatic rings. The molecule has 1 amide bonds. The molecule has 0 spiro atoms. The molecule has 0 aliphatic carbocycles. The Labute approximate surface area is 112 Å². The first-order valence-corrected chi connectivity index (χ1v) is 6.03. The Morgan fingerprint density at radius 3 is 3.06 bits per heavy atom. The van der Waals surface area contributed by atoms with Crippen molar-refractivity contribution in [1.82, 2.24) is 20.3 Å². The van der Waals surface area contributed by atoms with Gasteiger partial charge in [0.1, 0.15) is 5.69 Å². The summed E-state index contributed by atoms with van der Waals surface area (Å²) < 4.78 is 0.844. The van der Waals surface area contributed by atoms with Crippen molar-refractivity contribution >= 4 is 33.9 Å². The highest BCUT2D eigenvalue weighted by atomic mass is 79.9. The predicted octanol–water partition coefficient (Wildman–Crippen LogP) is 1.53. The summed E-state index contributed by atoms with van der Waals surface area (Å²) in [6.07, 6.45) is 6.94. The van der Waals surface area contributed by atoms with Crippen LogP contribution in [-0.4, -0.2) is 27.4 Å². The largest absolute Gasteiger partial charge is 0.369 e. The molecular weight excluding hydrogens is 298 g/mol. The Hall–Kier alpha value is -2.02. The Kier molecular flexibility index (Phi) is 3.83. The molecule has 6 nitrogen and oxygen atoms in total. The van der Waals surface area contributed by atoms with Gasteiger partial charge in [-0.25, -0.2) is 4.98 Å². The maximum atomic E-state index is 11.6. The average molecular weight is 310 g/mol. The number of hydrogen-bond donors (Lipinski definition) is 4. The van der Waals surface area contributed by atoms with Gasteiger partial charge >= 0.3 is 0 Å². The van der Waals surface area contributed by atoms with Crippen molar-refractivity contribution in [2.75, 3.05) is 12.3 Å². The van der Waals surface area contributed by atoms with Gasteiger partial charge in [-0.2, -0.15) is 0 Å². The SMILES string of the molecule is Nc1ncc(C=CCNC(=O)c2cc(Br)c[nH]2)[nH]1. The molecule has 0 radical (unpaired) electrons. The summed E-state index contributed by atoms with van der Waals surface area (Å²) in [6, 6.07) is 1.72. The van der Waals surface area contributed by atoms with Crippen LogP contribution < -0.4 is 11.1 Å². The smallest absolute Gasteiger partial charge is 0.267 e. The zero-order valence-corrected chi connectivity index (χ0v) is 11.0. The van der Waals surface area contributed by atoms with Gasteiger partial charge in [0, 0.05) is 17.2 Å². The Morgan fingerprint density at radius 1 is 1.61 bits per heavy atom. The fraction of sp³-hybridized carbons (Fsp3) is 0.0909. The number of rotatable bonds is 4. The van der Waals surface area contributed by atoms with Crippen LogP contribution in [0, 0.1) is 0 Å². The first-order chi connectivity index (χ1) is 8.65. The van der Waals surface area contributed by atoms with E-state index in [0.29, 0.717) is 18.2 Å². The molecule has 0 saturated heterocycles. The van der Waals surface area contributed by atoms with E-state index >= 15 is 0 Å². The van der Waals surface area contributed by atoms with E-state index in [4.69, 9.17) is 5.73 Å². The average Bonchev–Trinajstić information content (AvgIpc) is 2.93. The number of carbonyl (C=O) groups is 1. The van der Waals surface area contributed by atoms with Crippen molar-refractivity contribution in [1.29, 1.82) is 0 Å².